The number of fused-ring (bicyclic) bond motifs is 1. The average molecular weight is 273 g/mol. The zero-order valence-electron chi connectivity index (χ0n) is 11.1. The second-order valence-electron chi connectivity index (χ2n) is 5.24. The summed E-state index contributed by atoms with van der Waals surface area (Å²) in [6, 6.07) is 6.07. The normalized spacial score (nSPS) is 14.4. The van der Waals surface area contributed by atoms with Gasteiger partial charge < -0.3 is 9.88 Å². The summed E-state index contributed by atoms with van der Waals surface area (Å²) in [6.07, 6.45) is 2.41. The molecule has 1 fully saturated rings. The molecule has 0 unspecified atom stereocenters. The number of nitro groups is 1. The minimum Gasteiger partial charge on any atom is -0.384 e. The lowest BCUT2D eigenvalue weighted by atomic mass is 10.1. The van der Waals surface area contributed by atoms with Crippen LogP contribution in [0.3, 0.4) is 0 Å². The third-order valence-electron chi connectivity index (χ3n) is 3.72. The molecule has 6 nitrogen and oxygen atoms in total. The van der Waals surface area contributed by atoms with Crippen LogP contribution < -0.4 is 10.9 Å². The Labute approximate surface area is 115 Å². The van der Waals surface area contributed by atoms with E-state index >= 15 is 0 Å². The SMILES string of the molecule is Cn1c(=O)cc(NCC2CC2)c2cc([N+](=O)[O-])ccc21. The van der Waals surface area contributed by atoms with Gasteiger partial charge in [-0.1, -0.05) is 0 Å². The fraction of sp³-hybridized carbons (Fsp3) is 0.357. The van der Waals surface area contributed by atoms with Crippen molar-refractivity contribution in [3.05, 3.63) is 44.7 Å². The number of non-ortho nitro benzene ring substituents is 1. The van der Waals surface area contributed by atoms with Crippen molar-refractivity contribution < 1.29 is 4.92 Å². The van der Waals surface area contributed by atoms with Crippen molar-refractivity contribution in [2.75, 3.05) is 11.9 Å². The lowest BCUT2D eigenvalue weighted by Gasteiger charge is -2.11. The number of nitrogens with zero attached hydrogens (tertiary/aromatic N) is 2. The number of aromatic nitrogens is 1. The van der Waals surface area contributed by atoms with Crippen molar-refractivity contribution >= 4 is 22.3 Å². The first-order chi connectivity index (χ1) is 9.56. The molecule has 1 aromatic heterocycles. The van der Waals surface area contributed by atoms with Gasteiger partial charge in [0.15, 0.2) is 0 Å². The van der Waals surface area contributed by atoms with Crippen LogP contribution in [0.4, 0.5) is 11.4 Å². The number of anilines is 1. The Morgan fingerprint density at radius 1 is 1.40 bits per heavy atom. The molecule has 1 aliphatic carbocycles. The van der Waals surface area contributed by atoms with Crippen LogP contribution in [0.25, 0.3) is 10.9 Å². The third-order valence-corrected chi connectivity index (χ3v) is 3.72. The quantitative estimate of drug-likeness (QED) is 0.684. The standard InChI is InChI=1S/C14H15N3O3/c1-16-13-5-4-10(17(19)20)6-11(13)12(7-14(16)18)15-8-9-2-3-9/h4-7,9,15H,2-3,8H2,1H3. The Balaban J connectivity index is 2.14. The Bertz CT molecular complexity index is 747. The predicted octanol–water partition coefficient (Wildman–Crippen LogP) is 2.27. The smallest absolute Gasteiger partial charge is 0.270 e. The van der Waals surface area contributed by atoms with Crippen molar-refractivity contribution in [3.8, 4) is 0 Å². The van der Waals surface area contributed by atoms with Gasteiger partial charge in [-0.2, -0.15) is 0 Å². The molecule has 0 atom stereocenters. The molecule has 0 spiro atoms. The van der Waals surface area contributed by atoms with Gasteiger partial charge in [-0.25, -0.2) is 0 Å². The van der Waals surface area contributed by atoms with Crippen LogP contribution in [0.1, 0.15) is 12.8 Å². The van der Waals surface area contributed by atoms with Gasteiger partial charge in [-0.15, -0.1) is 0 Å². The summed E-state index contributed by atoms with van der Waals surface area (Å²) in [4.78, 5) is 22.4. The van der Waals surface area contributed by atoms with Crippen molar-refractivity contribution in [1.82, 2.24) is 4.57 Å². The monoisotopic (exact) mass is 273 g/mol. The Morgan fingerprint density at radius 3 is 2.80 bits per heavy atom. The Hall–Kier alpha value is -2.37. The molecule has 0 amide bonds. The van der Waals surface area contributed by atoms with Crippen LogP contribution in [-0.4, -0.2) is 16.0 Å². The van der Waals surface area contributed by atoms with E-state index in [1.807, 2.05) is 0 Å². The molecule has 3 rings (SSSR count). The number of aryl methyl sites for hydroxylation is 1. The fourth-order valence-corrected chi connectivity index (χ4v) is 2.29. The summed E-state index contributed by atoms with van der Waals surface area (Å²) in [5.74, 6) is 0.660. The molecular formula is C14H15N3O3. The highest BCUT2D eigenvalue weighted by molar-refractivity contribution is 5.93. The highest BCUT2D eigenvalue weighted by atomic mass is 16.6. The third kappa shape index (κ3) is 2.24. The number of hydrogen-bond acceptors (Lipinski definition) is 4. The Kier molecular flexibility index (Phi) is 2.93. The number of benzene rings is 1. The topological polar surface area (TPSA) is 77.2 Å². The summed E-state index contributed by atoms with van der Waals surface area (Å²) >= 11 is 0. The molecule has 6 heteroatoms. The number of nitro benzene ring substituents is 1. The van der Waals surface area contributed by atoms with E-state index < -0.39 is 4.92 Å². The minimum absolute atomic E-state index is 0.0330. The molecule has 0 bridgehead atoms. The zero-order chi connectivity index (χ0) is 14.3. The van der Waals surface area contributed by atoms with E-state index in [-0.39, 0.29) is 11.2 Å². The van der Waals surface area contributed by atoms with Gasteiger partial charge in [-0.05, 0) is 24.8 Å². The van der Waals surface area contributed by atoms with Crippen molar-refractivity contribution in [2.45, 2.75) is 12.8 Å². The molecule has 1 heterocycles. The van der Waals surface area contributed by atoms with Crippen molar-refractivity contribution in [1.29, 1.82) is 0 Å². The predicted molar refractivity (Wildman–Crippen MR) is 77.1 cm³/mol. The molecule has 20 heavy (non-hydrogen) atoms. The van der Waals surface area contributed by atoms with Gasteiger partial charge in [-0.3, -0.25) is 14.9 Å². The summed E-state index contributed by atoms with van der Waals surface area (Å²) < 4.78 is 1.50. The van der Waals surface area contributed by atoms with Gasteiger partial charge in [0.2, 0.25) is 0 Å². The van der Waals surface area contributed by atoms with Gasteiger partial charge >= 0.3 is 0 Å². The zero-order valence-corrected chi connectivity index (χ0v) is 11.1. The van der Waals surface area contributed by atoms with Gasteiger partial charge in [0, 0.05) is 42.9 Å². The molecule has 1 aromatic carbocycles. The van der Waals surface area contributed by atoms with E-state index in [4.69, 9.17) is 0 Å². The summed E-state index contributed by atoms with van der Waals surface area (Å²) in [7, 11) is 1.67. The second-order valence-corrected chi connectivity index (χ2v) is 5.24. The number of hydrogen-bond donors (Lipinski definition) is 1. The summed E-state index contributed by atoms with van der Waals surface area (Å²) in [5, 5.41) is 14.9. The van der Waals surface area contributed by atoms with Gasteiger partial charge in [0.25, 0.3) is 11.2 Å². The van der Waals surface area contributed by atoms with Crippen LogP contribution in [0.5, 0.6) is 0 Å². The highest BCUT2D eigenvalue weighted by Crippen LogP contribution is 2.31. The molecule has 0 radical (unpaired) electrons. The molecule has 1 saturated carbocycles. The first-order valence-corrected chi connectivity index (χ1v) is 6.58. The first kappa shape index (κ1) is 12.7. The summed E-state index contributed by atoms with van der Waals surface area (Å²) in [5.41, 5.74) is 1.29. The largest absolute Gasteiger partial charge is 0.384 e. The van der Waals surface area contributed by atoms with E-state index in [1.165, 1.54) is 35.6 Å². The lowest BCUT2D eigenvalue weighted by molar-refractivity contribution is -0.384. The second kappa shape index (κ2) is 4.63. The van der Waals surface area contributed by atoms with Crippen LogP contribution >= 0.6 is 0 Å². The van der Waals surface area contributed by atoms with Gasteiger partial charge in [0.1, 0.15) is 0 Å². The molecular weight excluding hydrogens is 258 g/mol. The molecule has 1 N–H and O–H groups in total. The van der Waals surface area contributed by atoms with E-state index in [0.29, 0.717) is 22.5 Å². The number of rotatable bonds is 4. The lowest BCUT2D eigenvalue weighted by Crippen LogP contribution is -2.18. The number of nitrogens with one attached hydrogen (secondary N) is 1. The van der Waals surface area contributed by atoms with Crippen molar-refractivity contribution in [2.24, 2.45) is 13.0 Å². The maximum atomic E-state index is 11.9. The highest BCUT2D eigenvalue weighted by Gasteiger charge is 2.21. The molecule has 104 valence electrons. The average Bonchev–Trinajstić information content (AvgIpc) is 3.24. The van der Waals surface area contributed by atoms with Gasteiger partial charge in [0.05, 0.1) is 10.4 Å². The molecule has 0 saturated heterocycles. The molecule has 1 aliphatic rings. The van der Waals surface area contributed by atoms with Crippen molar-refractivity contribution in [3.63, 3.8) is 0 Å². The Morgan fingerprint density at radius 2 is 2.15 bits per heavy atom. The van der Waals surface area contributed by atoms with Crippen LogP contribution in [0, 0.1) is 16.0 Å². The van der Waals surface area contributed by atoms with Crippen LogP contribution in [0.2, 0.25) is 0 Å². The summed E-state index contributed by atoms with van der Waals surface area (Å²) in [6.45, 7) is 0.810. The van der Waals surface area contributed by atoms with Crippen LogP contribution in [-0.2, 0) is 7.05 Å². The van der Waals surface area contributed by atoms with E-state index in [2.05, 4.69) is 5.32 Å². The van der Waals surface area contributed by atoms with E-state index in [1.54, 1.807) is 13.1 Å². The van der Waals surface area contributed by atoms with E-state index in [9.17, 15) is 14.9 Å². The fourth-order valence-electron chi connectivity index (χ4n) is 2.29. The first-order valence-electron chi connectivity index (χ1n) is 6.58. The van der Waals surface area contributed by atoms with Crippen LogP contribution in [0.15, 0.2) is 29.1 Å². The minimum atomic E-state index is -0.421. The maximum absolute atomic E-state index is 11.9. The molecule has 0 aliphatic heterocycles. The molecule has 2 aromatic rings. The maximum Gasteiger partial charge on any atom is 0.270 e. The number of pyridine rings is 1. The van der Waals surface area contributed by atoms with E-state index in [0.717, 1.165) is 6.54 Å².